The van der Waals surface area contributed by atoms with E-state index in [9.17, 15) is 0 Å². The molecule has 0 aliphatic rings. The number of nitrogens with zero attached hydrogens (tertiary/aromatic N) is 2. The molecule has 3 nitrogen and oxygen atoms in total. The number of rotatable bonds is 5. The number of methoxy groups -OCH3 is 1. The molecule has 0 spiro atoms. The summed E-state index contributed by atoms with van der Waals surface area (Å²) in [7, 11) is 1.63. The molecule has 0 amide bonds. The van der Waals surface area contributed by atoms with Gasteiger partial charge in [-0.1, -0.05) is 78.7 Å². The van der Waals surface area contributed by atoms with Crippen molar-refractivity contribution in [3.05, 3.63) is 87.5 Å². The molecular weight excluding hydrogens is 439 g/mol. The largest absolute Gasteiger partial charge is 0.481 e. The minimum absolute atomic E-state index is 0.596. The number of hydrogen-bond donors (Lipinski definition) is 0. The summed E-state index contributed by atoms with van der Waals surface area (Å²) in [6.07, 6.45) is 0.846. The Morgan fingerprint density at radius 3 is 1.78 bits per heavy atom. The Hall–Kier alpha value is -2.88. The van der Waals surface area contributed by atoms with E-state index < -0.39 is 0 Å². The molecule has 2 aromatic carbocycles. The first-order valence-corrected chi connectivity index (χ1v) is 11.3. The zero-order chi connectivity index (χ0) is 22.8. The van der Waals surface area contributed by atoms with Crippen molar-refractivity contribution in [2.24, 2.45) is 0 Å². The molecular formula is C27H24Cl2N2O. The van der Waals surface area contributed by atoms with Crippen LogP contribution in [0, 0.1) is 13.8 Å². The number of halogens is 2. The Balaban J connectivity index is 1.83. The van der Waals surface area contributed by atoms with Crippen LogP contribution in [0.15, 0.2) is 60.7 Å². The number of pyridine rings is 2. The van der Waals surface area contributed by atoms with Crippen molar-refractivity contribution in [2.75, 3.05) is 7.11 Å². The predicted octanol–water partition coefficient (Wildman–Crippen LogP) is 7.97. The fourth-order valence-corrected chi connectivity index (χ4v) is 4.37. The number of ether oxygens (including phenoxy) is 1. The summed E-state index contributed by atoms with van der Waals surface area (Å²) in [5.41, 5.74) is 8.20. The van der Waals surface area contributed by atoms with Gasteiger partial charge in [0.1, 0.15) is 0 Å². The Morgan fingerprint density at radius 1 is 0.719 bits per heavy atom. The van der Waals surface area contributed by atoms with Crippen molar-refractivity contribution in [3.8, 4) is 39.5 Å². The van der Waals surface area contributed by atoms with Gasteiger partial charge in [-0.05, 0) is 38.0 Å². The second-order valence-corrected chi connectivity index (χ2v) is 8.41. The van der Waals surface area contributed by atoms with Crippen LogP contribution in [-0.4, -0.2) is 17.1 Å². The van der Waals surface area contributed by atoms with E-state index in [0.29, 0.717) is 15.9 Å². The maximum atomic E-state index is 6.91. The highest BCUT2D eigenvalue weighted by molar-refractivity contribution is 6.39. The summed E-state index contributed by atoms with van der Waals surface area (Å²) in [5.74, 6) is 0.618. The van der Waals surface area contributed by atoms with Crippen LogP contribution in [0.3, 0.4) is 0 Å². The number of aromatic nitrogens is 2. The monoisotopic (exact) mass is 462 g/mol. The lowest BCUT2D eigenvalue weighted by Crippen LogP contribution is -1.96. The zero-order valence-corrected chi connectivity index (χ0v) is 20.1. The Labute approximate surface area is 199 Å². The number of hydrogen-bond acceptors (Lipinski definition) is 3. The van der Waals surface area contributed by atoms with Crippen molar-refractivity contribution >= 4 is 23.2 Å². The van der Waals surface area contributed by atoms with Gasteiger partial charge >= 0.3 is 0 Å². The Bertz CT molecular complexity index is 1300. The van der Waals surface area contributed by atoms with E-state index in [2.05, 4.69) is 18.0 Å². The van der Waals surface area contributed by atoms with Crippen molar-refractivity contribution in [3.63, 3.8) is 0 Å². The van der Waals surface area contributed by atoms with Gasteiger partial charge in [0.25, 0.3) is 0 Å². The van der Waals surface area contributed by atoms with Crippen molar-refractivity contribution in [2.45, 2.75) is 27.2 Å². The average molecular weight is 463 g/mol. The second kappa shape index (κ2) is 9.32. The number of benzene rings is 2. The smallest absolute Gasteiger partial charge is 0.216 e. The van der Waals surface area contributed by atoms with E-state index in [0.717, 1.165) is 56.9 Å². The summed E-state index contributed by atoms with van der Waals surface area (Å²) in [4.78, 5) is 9.40. The van der Waals surface area contributed by atoms with Crippen LogP contribution in [-0.2, 0) is 6.42 Å². The molecule has 4 aromatic rings. The third-order valence-electron chi connectivity index (χ3n) is 5.70. The van der Waals surface area contributed by atoms with Crippen LogP contribution in [0.25, 0.3) is 33.6 Å². The van der Waals surface area contributed by atoms with Gasteiger partial charge in [-0.3, -0.25) is 4.98 Å². The fraction of sp³-hybridized carbons (Fsp3) is 0.185. The van der Waals surface area contributed by atoms with Crippen molar-refractivity contribution in [1.29, 1.82) is 0 Å². The molecule has 5 heteroatoms. The topological polar surface area (TPSA) is 35.0 Å². The lowest BCUT2D eigenvalue weighted by atomic mass is 9.98. The van der Waals surface area contributed by atoms with Gasteiger partial charge < -0.3 is 4.74 Å². The normalized spacial score (nSPS) is 10.9. The highest BCUT2D eigenvalue weighted by Gasteiger charge is 2.17. The average Bonchev–Trinajstić information content (AvgIpc) is 2.81. The van der Waals surface area contributed by atoms with E-state index in [1.54, 1.807) is 7.11 Å². The summed E-state index contributed by atoms with van der Waals surface area (Å²) in [5, 5.41) is 1.22. The predicted molar refractivity (Wildman–Crippen MR) is 134 cm³/mol. The first kappa shape index (κ1) is 22.3. The fourth-order valence-electron chi connectivity index (χ4n) is 3.72. The Morgan fingerprint density at radius 2 is 1.25 bits per heavy atom. The van der Waals surface area contributed by atoms with E-state index in [4.69, 9.17) is 32.9 Å². The van der Waals surface area contributed by atoms with Crippen LogP contribution in [0.2, 0.25) is 10.0 Å². The highest BCUT2D eigenvalue weighted by atomic mass is 35.5. The van der Waals surface area contributed by atoms with Gasteiger partial charge in [0, 0.05) is 33.5 Å². The first-order valence-electron chi connectivity index (χ1n) is 10.5. The van der Waals surface area contributed by atoms with Gasteiger partial charge in [0.15, 0.2) is 0 Å². The zero-order valence-electron chi connectivity index (χ0n) is 18.5. The molecule has 32 heavy (non-hydrogen) atoms. The minimum Gasteiger partial charge on any atom is -0.481 e. The van der Waals surface area contributed by atoms with Crippen LogP contribution in [0.5, 0.6) is 5.88 Å². The lowest BCUT2D eigenvalue weighted by Gasteiger charge is -2.15. The van der Waals surface area contributed by atoms with Crippen LogP contribution >= 0.6 is 23.2 Å². The lowest BCUT2D eigenvalue weighted by molar-refractivity contribution is 0.393. The van der Waals surface area contributed by atoms with Gasteiger partial charge in [-0.25, -0.2) is 4.98 Å². The van der Waals surface area contributed by atoms with Crippen molar-refractivity contribution in [1.82, 2.24) is 9.97 Å². The van der Waals surface area contributed by atoms with Crippen LogP contribution in [0.1, 0.15) is 23.7 Å². The van der Waals surface area contributed by atoms with Crippen LogP contribution in [0.4, 0.5) is 0 Å². The van der Waals surface area contributed by atoms with Gasteiger partial charge in [-0.15, -0.1) is 0 Å². The molecule has 0 saturated carbocycles. The molecule has 162 valence electrons. The maximum Gasteiger partial charge on any atom is 0.216 e. The Kier molecular flexibility index (Phi) is 6.50. The molecule has 0 atom stereocenters. The molecule has 0 aliphatic heterocycles. The van der Waals surface area contributed by atoms with Crippen molar-refractivity contribution < 1.29 is 4.74 Å². The first-order chi connectivity index (χ1) is 15.4. The van der Waals surface area contributed by atoms with Crippen LogP contribution < -0.4 is 4.74 Å². The summed E-state index contributed by atoms with van der Waals surface area (Å²) >= 11 is 13.8. The summed E-state index contributed by atoms with van der Waals surface area (Å²) in [6, 6.07) is 19.9. The maximum absolute atomic E-state index is 6.91. The second-order valence-electron chi connectivity index (χ2n) is 7.65. The van der Waals surface area contributed by atoms with E-state index in [-0.39, 0.29) is 0 Å². The van der Waals surface area contributed by atoms with Gasteiger partial charge in [0.05, 0.1) is 28.5 Å². The molecule has 0 saturated heterocycles. The molecule has 2 aromatic heterocycles. The SMILES string of the molecule is CCc1ccc(-c2cccc(-c3cccc(-c4ccc(C)c(C)n4)c3Cl)c2Cl)nc1OC. The van der Waals surface area contributed by atoms with Gasteiger partial charge in [0.2, 0.25) is 5.88 Å². The minimum atomic E-state index is 0.596. The molecule has 0 unspecified atom stereocenters. The molecule has 0 N–H and O–H groups in total. The molecule has 4 rings (SSSR count). The van der Waals surface area contributed by atoms with E-state index in [1.807, 2.05) is 68.4 Å². The molecule has 0 radical (unpaired) electrons. The summed E-state index contributed by atoms with van der Waals surface area (Å²) < 4.78 is 5.47. The highest BCUT2D eigenvalue weighted by Crippen LogP contribution is 2.42. The molecule has 0 bridgehead atoms. The quantitative estimate of drug-likeness (QED) is 0.301. The number of aryl methyl sites for hydroxylation is 3. The summed E-state index contributed by atoms with van der Waals surface area (Å²) in [6.45, 7) is 6.12. The van der Waals surface area contributed by atoms with E-state index >= 15 is 0 Å². The molecule has 0 fully saturated rings. The molecule has 2 heterocycles. The third kappa shape index (κ3) is 4.11. The molecule has 0 aliphatic carbocycles. The van der Waals surface area contributed by atoms with Gasteiger partial charge in [-0.2, -0.15) is 0 Å². The van der Waals surface area contributed by atoms with E-state index in [1.165, 1.54) is 0 Å². The third-order valence-corrected chi connectivity index (χ3v) is 6.52. The standard InChI is InChI=1S/C27H24Cl2N2O/c1-5-18-13-15-24(31-27(18)32-4)22-11-7-9-20(26(22)29)19-8-6-10-21(25(19)28)23-14-12-16(2)17(3)30-23/h6-15H,5H2,1-4H3.